The lowest BCUT2D eigenvalue weighted by Crippen LogP contribution is -2.46. The second-order valence-electron chi connectivity index (χ2n) is 6.61. The van der Waals surface area contributed by atoms with Gasteiger partial charge in [-0.25, -0.2) is 0 Å². The van der Waals surface area contributed by atoms with Gasteiger partial charge in [0, 0.05) is 5.54 Å². The second kappa shape index (κ2) is 5.77. The van der Waals surface area contributed by atoms with Gasteiger partial charge in [0.05, 0.1) is 7.11 Å². The molecule has 3 rings (SSSR count). The van der Waals surface area contributed by atoms with E-state index in [0.717, 1.165) is 12.2 Å². The van der Waals surface area contributed by atoms with Crippen molar-refractivity contribution in [2.75, 3.05) is 7.11 Å². The zero-order valence-electron chi connectivity index (χ0n) is 12.7. The monoisotopic (exact) mass is 273 g/mol. The first-order valence-electron chi connectivity index (χ1n) is 8.20. The van der Waals surface area contributed by atoms with E-state index in [2.05, 4.69) is 18.2 Å². The molecule has 1 aromatic carbocycles. The fraction of sp³-hybridized carbons (Fsp3) is 0.667. The fourth-order valence-corrected chi connectivity index (χ4v) is 4.26. The molecule has 0 aromatic heterocycles. The van der Waals surface area contributed by atoms with Crippen LogP contribution in [0.3, 0.4) is 0 Å². The molecule has 2 aliphatic rings. The van der Waals surface area contributed by atoms with E-state index < -0.39 is 0 Å². The quantitative estimate of drug-likeness (QED) is 0.821. The minimum absolute atomic E-state index is 0.119. The van der Waals surface area contributed by atoms with Gasteiger partial charge < -0.3 is 10.5 Å². The summed E-state index contributed by atoms with van der Waals surface area (Å²) in [5.74, 6) is 1.60. The van der Waals surface area contributed by atoms with Crippen molar-refractivity contribution in [1.82, 2.24) is 0 Å². The molecule has 0 saturated heterocycles. The molecule has 1 aromatic rings. The van der Waals surface area contributed by atoms with Crippen LogP contribution in [-0.2, 0) is 12.0 Å². The van der Waals surface area contributed by atoms with E-state index in [1.807, 2.05) is 0 Å². The predicted molar refractivity (Wildman–Crippen MR) is 83.0 cm³/mol. The molecule has 0 radical (unpaired) electrons. The third-order valence-electron chi connectivity index (χ3n) is 5.44. The maximum absolute atomic E-state index is 6.98. The van der Waals surface area contributed by atoms with E-state index in [1.165, 1.54) is 62.5 Å². The van der Waals surface area contributed by atoms with Gasteiger partial charge in [-0.3, -0.25) is 0 Å². The van der Waals surface area contributed by atoms with Gasteiger partial charge in [-0.1, -0.05) is 31.7 Å². The standard InChI is InChI=1S/C18H27NO/c1-20-16-11-10-14-7-6-12-18(19,17(14)13-16)15-8-4-2-3-5-9-15/h10-11,13,15H,2-9,12,19H2,1H3. The summed E-state index contributed by atoms with van der Waals surface area (Å²) in [4.78, 5) is 0. The lowest BCUT2D eigenvalue weighted by Gasteiger charge is -2.42. The lowest BCUT2D eigenvalue weighted by molar-refractivity contribution is 0.213. The van der Waals surface area contributed by atoms with Crippen molar-refractivity contribution in [3.8, 4) is 5.75 Å². The minimum Gasteiger partial charge on any atom is -0.497 e. The molecule has 0 heterocycles. The number of benzene rings is 1. The van der Waals surface area contributed by atoms with Crippen LogP contribution in [0.4, 0.5) is 0 Å². The molecule has 2 nitrogen and oxygen atoms in total. The zero-order chi connectivity index (χ0) is 14.0. The Kier molecular flexibility index (Phi) is 4.02. The van der Waals surface area contributed by atoms with E-state index in [1.54, 1.807) is 7.11 Å². The van der Waals surface area contributed by atoms with Crippen molar-refractivity contribution in [1.29, 1.82) is 0 Å². The maximum Gasteiger partial charge on any atom is 0.119 e. The summed E-state index contributed by atoms with van der Waals surface area (Å²) >= 11 is 0. The predicted octanol–water partition coefficient (Wildman–Crippen LogP) is 4.16. The van der Waals surface area contributed by atoms with Crippen molar-refractivity contribution in [3.63, 3.8) is 0 Å². The average molecular weight is 273 g/mol. The number of aryl methyl sites for hydroxylation is 1. The van der Waals surface area contributed by atoms with Gasteiger partial charge in [0.1, 0.15) is 5.75 Å². The van der Waals surface area contributed by atoms with Gasteiger partial charge in [0.2, 0.25) is 0 Å². The van der Waals surface area contributed by atoms with Gasteiger partial charge in [-0.15, -0.1) is 0 Å². The largest absolute Gasteiger partial charge is 0.497 e. The van der Waals surface area contributed by atoms with Crippen molar-refractivity contribution in [2.45, 2.75) is 63.3 Å². The van der Waals surface area contributed by atoms with Crippen molar-refractivity contribution >= 4 is 0 Å². The highest BCUT2D eigenvalue weighted by atomic mass is 16.5. The molecule has 2 heteroatoms. The van der Waals surface area contributed by atoms with E-state index in [0.29, 0.717) is 5.92 Å². The van der Waals surface area contributed by atoms with Crippen LogP contribution in [0, 0.1) is 5.92 Å². The third kappa shape index (κ3) is 2.46. The summed E-state index contributed by atoms with van der Waals surface area (Å²) < 4.78 is 5.43. The number of nitrogens with two attached hydrogens (primary N) is 1. The van der Waals surface area contributed by atoms with Gasteiger partial charge in [0.25, 0.3) is 0 Å². The molecular formula is C18H27NO. The van der Waals surface area contributed by atoms with Crippen LogP contribution in [0.5, 0.6) is 5.75 Å². The van der Waals surface area contributed by atoms with Crippen LogP contribution in [0.15, 0.2) is 18.2 Å². The van der Waals surface area contributed by atoms with Crippen molar-refractivity contribution in [2.24, 2.45) is 11.7 Å². The van der Waals surface area contributed by atoms with E-state index >= 15 is 0 Å². The molecule has 2 N–H and O–H groups in total. The molecule has 20 heavy (non-hydrogen) atoms. The highest BCUT2D eigenvalue weighted by molar-refractivity contribution is 5.42. The summed E-state index contributed by atoms with van der Waals surface area (Å²) in [6, 6.07) is 6.52. The Labute approximate surface area is 122 Å². The maximum atomic E-state index is 6.98. The number of ether oxygens (including phenoxy) is 1. The van der Waals surface area contributed by atoms with Crippen LogP contribution in [0.1, 0.15) is 62.5 Å². The summed E-state index contributed by atoms with van der Waals surface area (Å²) in [5.41, 5.74) is 9.68. The number of methoxy groups -OCH3 is 1. The minimum atomic E-state index is -0.119. The van der Waals surface area contributed by atoms with Crippen LogP contribution >= 0.6 is 0 Å². The normalized spacial score (nSPS) is 27.7. The van der Waals surface area contributed by atoms with Crippen LogP contribution in [0.25, 0.3) is 0 Å². The molecule has 0 bridgehead atoms. The van der Waals surface area contributed by atoms with Gasteiger partial charge in [0.15, 0.2) is 0 Å². The Morgan fingerprint density at radius 2 is 1.85 bits per heavy atom. The highest BCUT2D eigenvalue weighted by Gasteiger charge is 2.39. The summed E-state index contributed by atoms with van der Waals surface area (Å²) in [6.07, 6.45) is 11.6. The Morgan fingerprint density at radius 1 is 1.10 bits per heavy atom. The fourth-order valence-electron chi connectivity index (χ4n) is 4.26. The Bertz CT molecular complexity index is 462. The number of hydrogen-bond donors (Lipinski definition) is 1. The average Bonchev–Trinajstić information content (AvgIpc) is 2.77. The van der Waals surface area contributed by atoms with E-state index in [9.17, 15) is 0 Å². The van der Waals surface area contributed by atoms with E-state index in [4.69, 9.17) is 10.5 Å². The summed E-state index contributed by atoms with van der Waals surface area (Å²) in [6.45, 7) is 0. The number of hydrogen-bond acceptors (Lipinski definition) is 2. The SMILES string of the molecule is COc1ccc2c(c1)C(N)(C1CCCCCC1)CCC2. The molecule has 0 spiro atoms. The van der Waals surface area contributed by atoms with Gasteiger partial charge in [-0.05, 0) is 61.3 Å². The Hall–Kier alpha value is -1.02. The molecule has 1 fully saturated rings. The topological polar surface area (TPSA) is 35.2 Å². The van der Waals surface area contributed by atoms with Crippen LogP contribution in [0.2, 0.25) is 0 Å². The molecule has 2 aliphatic carbocycles. The first-order chi connectivity index (χ1) is 9.74. The molecule has 1 unspecified atom stereocenters. The molecule has 0 aliphatic heterocycles. The lowest BCUT2D eigenvalue weighted by atomic mass is 9.67. The molecule has 0 amide bonds. The smallest absolute Gasteiger partial charge is 0.119 e. The molecular weight excluding hydrogens is 246 g/mol. The van der Waals surface area contributed by atoms with Crippen LogP contribution in [-0.4, -0.2) is 7.11 Å². The third-order valence-corrected chi connectivity index (χ3v) is 5.44. The second-order valence-corrected chi connectivity index (χ2v) is 6.61. The highest BCUT2D eigenvalue weighted by Crippen LogP contribution is 2.44. The molecule has 1 atom stereocenters. The van der Waals surface area contributed by atoms with Gasteiger partial charge >= 0.3 is 0 Å². The number of fused-ring (bicyclic) bond motifs is 1. The van der Waals surface area contributed by atoms with Crippen LogP contribution < -0.4 is 10.5 Å². The molecule has 110 valence electrons. The number of rotatable bonds is 2. The first-order valence-corrected chi connectivity index (χ1v) is 8.20. The van der Waals surface area contributed by atoms with Gasteiger partial charge in [-0.2, -0.15) is 0 Å². The zero-order valence-corrected chi connectivity index (χ0v) is 12.7. The van der Waals surface area contributed by atoms with E-state index in [-0.39, 0.29) is 5.54 Å². The van der Waals surface area contributed by atoms with Crippen molar-refractivity contribution < 1.29 is 4.74 Å². The summed E-state index contributed by atoms with van der Waals surface area (Å²) in [5, 5.41) is 0. The summed E-state index contributed by atoms with van der Waals surface area (Å²) in [7, 11) is 1.74. The first kappa shape index (κ1) is 13.9. The Morgan fingerprint density at radius 3 is 2.55 bits per heavy atom. The van der Waals surface area contributed by atoms with Crippen molar-refractivity contribution in [3.05, 3.63) is 29.3 Å². The molecule has 1 saturated carbocycles. The Balaban J connectivity index is 1.97.